The number of H-pyrrole nitrogens is 2. The maximum absolute atomic E-state index is 13.7. The first-order valence-electron chi connectivity index (χ1n) is 8.50. The van der Waals surface area contributed by atoms with Crippen LogP contribution in [0.15, 0.2) is 58.9 Å². The number of hydrogen-bond donors (Lipinski definition) is 3. The molecule has 2 aliphatic rings. The van der Waals surface area contributed by atoms with E-state index in [1.807, 2.05) is 0 Å². The van der Waals surface area contributed by atoms with Gasteiger partial charge in [-0.2, -0.15) is 13.2 Å². The van der Waals surface area contributed by atoms with E-state index in [1.54, 1.807) is 24.3 Å². The van der Waals surface area contributed by atoms with Gasteiger partial charge in [-0.15, -0.1) is 0 Å². The molecule has 0 radical (unpaired) electrons. The Bertz CT molecular complexity index is 1230. The molecule has 3 N–H and O–H groups in total. The molecule has 1 atom stereocenters. The smallest absolute Gasteiger partial charge is 0.339 e. The second-order valence-electron chi connectivity index (χ2n) is 6.67. The number of hydrogen-bond acceptors (Lipinski definition) is 3. The van der Waals surface area contributed by atoms with E-state index in [0.717, 1.165) is 6.07 Å². The first-order chi connectivity index (χ1) is 13.4. The topological polar surface area (TPSA) is 77.8 Å². The average Bonchev–Trinajstić information content (AvgIpc) is 3.19. The Hall–Kier alpha value is -3.55. The van der Waals surface area contributed by atoms with Crippen LogP contribution in [-0.2, 0) is 6.18 Å². The molecule has 0 saturated carbocycles. The van der Waals surface area contributed by atoms with E-state index in [9.17, 15) is 22.8 Å². The third kappa shape index (κ3) is 2.14. The molecule has 2 aromatic carbocycles. The number of fused-ring (bicyclic) bond motifs is 3. The summed E-state index contributed by atoms with van der Waals surface area (Å²) in [7, 11) is 0. The Morgan fingerprint density at radius 2 is 1.54 bits per heavy atom. The molecule has 8 heteroatoms. The second kappa shape index (κ2) is 5.48. The van der Waals surface area contributed by atoms with Crippen molar-refractivity contribution in [2.75, 3.05) is 5.32 Å². The van der Waals surface area contributed by atoms with E-state index < -0.39 is 23.2 Å². The number of halogens is 3. The zero-order valence-corrected chi connectivity index (χ0v) is 14.1. The van der Waals surface area contributed by atoms with Crippen molar-refractivity contribution in [2.24, 2.45) is 0 Å². The Balaban J connectivity index is 1.84. The molecule has 3 aromatic rings. The number of aromatic amines is 2. The van der Waals surface area contributed by atoms with Gasteiger partial charge >= 0.3 is 6.18 Å². The summed E-state index contributed by atoms with van der Waals surface area (Å²) in [5, 5.41) is 8.08. The summed E-state index contributed by atoms with van der Waals surface area (Å²) < 4.78 is 41.1. The normalized spacial score (nSPS) is 17.8. The van der Waals surface area contributed by atoms with Gasteiger partial charge < -0.3 is 5.32 Å². The van der Waals surface area contributed by atoms with Crippen LogP contribution in [-0.4, -0.2) is 16.0 Å². The van der Waals surface area contributed by atoms with Crippen molar-refractivity contribution in [3.8, 4) is 0 Å². The van der Waals surface area contributed by atoms with E-state index in [-0.39, 0.29) is 28.3 Å². The van der Waals surface area contributed by atoms with Crippen molar-refractivity contribution in [1.29, 1.82) is 0 Å². The summed E-state index contributed by atoms with van der Waals surface area (Å²) in [5.74, 6) is -1.26. The van der Waals surface area contributed by atoms with Crippen molar-refractivity contribution < 1.29 is 18.0 Å². The number of nitrogens with one attached hydrogen (secondary N) is 3. The van der Waals surface area contributed by atoms with Crippen LogP contribution in [0.5, 0.6) is 0 Å². The standard InChI is InChI=1S/C20H12F3N3O2/c21-20(22,23)12-8-4-3-7-11(12)13-14-16(24-18-15(13)19(28)26-25-18)9-5-1-2-6-10(9)17(14)27/h1-8,13H,(H3,24,25,26,28). The molecule has 5 rings (SSSR count). The van der Waals surface area contributed by atoms with E-state index in [0.29, 0.717) is 16.8 Å². The molecule has 1 aromatic heterocycles. The fourth-order valence-electron chi connectivity index (χ4n) is 4.04. The third-order valence-corrected chi connectivity index (χ3v) is 5.17. The van der Waals surface area contributed by atoms with Gasteiger partial charge in [0.1, 0.15) is 5.82 Å². The van der Waals surface area contributed by atoms with Crippen molar-refractivity contribution in [3.63, 3.8) is 0 Å². The number of anilines is 1. The van der Waals surface area contributed by atoms with Crippen molar-refractivity contribution in [3.05, 3.63) is 92.3 Å². The van der Waals surface area contributed by atoms with E-state index >= 15 is 0 Å². The highest BCUT2D eigenvalue weighted by Gasteiger charge is 2.45. The van der Waals surface area contributed by atoms with Gasteiger partial charge in [0.15, 0.2) is 5.78 Å². The molecule has 0 saturated heterocycles. The summed E-state index contributed by atoms with van der Waals surface area (Å²) in [6.45, 7) is 0. The molecule has 0 amide bonds. The van der Waals surface area contributed by atoms with E-state index in [2.05, 4.69) is 15.5 Å². The van der Waals surface area contributed by atoms with Gasteiger partial charge in [-0.25, -0.2) is 0 Å². The zero-order valence-electron chi connectivity index (χ0n) is 14.1. The number of Topliss-reactive ketones (excluding diaryl/α,β-unsaturated/α-hetero) is 1. The quantitative estimate of drug-likeness (QED) is 0.597. The van der Waals surface area contributed by atoms with Gasteiger partial charge in [0, 0.05) is 22.6 Å². The summed E-state index contributed by atoms with van der Waals surface area (Å²) in [6, 6.07) is 11.8. The number of allylic oxidation sites excluding steroid dienone is 1. The van der Waals surface area contributed by atoms with Crippen LogP contribution < -0.4 is 10.9 Å². The summed E-state index contributed by atoms with van der Waals surface area (Å²) in [6.07, 6.45) is -4.63. The summed E-state index contributed by atoms with van der Waals surface area (Å²) in [5.41, 5.74) is 0.0681. The van der Waals surface area contributed by atoms with Crippen LogP contribution in [0.1, 0.15) is 38.5 Å². The van der Waals surface area contributed by atoms with Crippen LogP contribution in [0, 0.1) is 0 Å². The fraction of sp³-hybridized carbons (Fsp3) is 0.100. The lowest BCUT2D eigenvalue weighted by Crippen LogP contribution is -2.25. The second-order valence-corrected chi connectivity index (χ2v) is 6.67. The van der Waals surface area contributed by atoms with Crippen LogP contribution >= 0.6 is 0 Å². The van der Waals surface area contributed by atoms with Crippen LogP contribution in [0.2, 0.25) is 0 Å². The highest BCUT2D eigenvalue weighted by atomic mass is 19.4. The number of carbonyl (C=O) groups is 1. The molecule has 0 bridgehead atoms. The predicted octanol–water partition coefficient (Wildman–Crippen LogP) is 3.89. The molecule has 0 spiro atoms. The minimum absolute atomic E-state index is 0.0663. The van der Waals surface area contributed by atoms with Gasteiger partial charge in [-0.1, -0.05) is 42.5 Å². The molecule has 140 valence electrons. The minimum Gasteiger partial charge on any atom is -0.339 e. The molecular weight excluding hydrogens is 371 g/mol. The lowest BCUT2D eigenvalue weighted by molar-refractivity contribution is -0.138. The maximum Gasteiger partial charge on any atom is 0.416 e. The molecule has 5 nitrogen and oxygen atoms in total. The molecule has 1 unspecified atom stereocenters. The number of ketones is 1. The summed E-state index contributed by atoms with van der Waals surface area (Å²) >= 11 is 0. The van der Waals surface area contributed by atoms with Crippen molar-refractivity contribution in [1.82, 2.24) is 10.2 Å². The zero-order chi connectivity index (χ0) is 19.6. The van der Waals surface area contributed by atoms with Crippen molar-refractivity contribution >= 4 is 17.3 Å². The molecule has 1 aliphatic carbocycles. The van der Waals surface area contributed by atoms with Crippen LogP contribution in [0.4, 0.5) is 19.0 Å². The number of benzene rings is 2. The van der Waals surface area contributed by atoms with Crippen molar-refractivity contribution in [2.45, 2.75) is 12.1 Å². The van der Waals surface area contributed by atoms with Gasteiger partial charge in [-0.3, -0.25) is 19.8 Å². The van der Waals surface area contributed by atoms with Crippen LogP contribution in [0.25, 0.3) is 5.70 Å². The first-order valence-corrected chi connectivity index (χ1v) is 8.50. The lowest BCUT2D eigenvalue weighted by Gasteiger charge is -2.27. The molecule has 1 aliphatic heterocycles. The minimum atomic E-state index is -4.63. The van der Waals surface area contributed by atoms with Crippen LogP contribution in [0.3, 0.4) is 0 Å². The Morgan fingerprint density at radius 3 is 2.29 bits per heavy atom. The SMILES string of the molecule is O=C1C2=C(Nc3[nH][nH]c(=O)c3C2c2ccccc2C(F)(F)F)c2ccccc21. The molecule has 2 heterocycles. The number of aromatic nitrogens is 2. The Morgan fingerprint density at radius 1 is 0.857 bits per heavy atom. The van der Waals surface area contributed by atoms with Gasteiger partial charge in [-0.05, 0) is 11.6 Å². The summed E-state index contributed by atoms with van der Waals surface area (Å²) in [4.78, 5) is 25.6. The van der Waals surface area contributed by atoms with Gasteiger partial charge in [0.05, 0.1) is 16.8 Å². The monoisotopic (exact) mass is 383 g/mol. The molecular formula is C20H12F3N3O2. The van der Waals surface area contributed by atoms with Gasteiger partial charge in [0.2, 0.25) is 0 Å². The number of rotatable bonds is 1. The molecule has 28 heavy (non-hydrogen) atoms. The highest BCUT2D eigenvalue weighted by molar-refractivity contribution is 6.23. The maximum atomic E-state index is 13.7. The predicted molar refractivity (Wildman–Crippen MR) is 96.0 cm³/mol. The van der Waals surface area contributed by atoms with Gasteiger partial charge in [0.25, 0.3) is 5.56 Å². The first kappa shape index (κ1) is 16.6. The number of alkyl halides is 3. The highest BCUT2D eigenvalue weighted by Crippen LogP contribution is 2.49. The third-order valence-electron chi connectivity index (χ3n) is 5.17. The number of carbonyl (C=O) groups excluding carboxylic acids is 1. The molecule has 0 fully saturated rings. The lowest BCUT2D eigenvalue weighted by atomic mass is 9.80. The largest absolute Gasteiger partial charge is 0.416 e. The fourth-order valence-corrected chi connectivity index (χ4v) is 4.04. The Labute approximate surface area is 155 Å². The average molecular weight is 383 g/mol. The Kier molecular flexibility index (Phi) is 3.25. The van der Waals surface area contributed by atoms with E-state index in [4.69, 9.17) is 0 Å². The van der Waals surface area contributed by atoms with E-state index in [1.165, 1.54) is 18.2 Å².